The largest absolute Gasteiger partial charge is 0.481 e. The molecule has 1 aromatic carbocycles. The van der Waals surface area contributed by atoms with E-state index in [4.69, 9.17) is 5.11 Å². The van der Waals surface area contributed by atoms with Crippen LogP contribution in [0, 0.1) is 0 Å². The quantitative estimate of drug-likeness (QED) is 0.831. The van der Waals surface area contributed by atoms with Crippen LogP contribution in [0.4, 0.5) is 8.78 Å². The van der Waals surface area contributed by atoms with Crippen molar-refractivity contribution in [1.29, 1.82) is 0 Å². The number of carbonyl (C=O) groups is 1. The van der Waals surface area contributed by atoms with Gasteiger partial charge in [-0.15, -0.1) is 0 Å². The maximum absolute atomic E-state index is 13.2. The number of carboxylic acids is 1. The minimum absolute atomic E-state index is 0.469. The third kappa shape index (κ3) is 4.93. The highest BCUT2D eigenvalue weighted by Gasteiger charge is 2.32. The topological polar surface area (TPSA) is 37.3 Å². The Hall–Kier alpha value is -1.45. The molecule has 0 saturated heterocycles. The molecular formula is C13H16F2O2. The summed E-state index contributed by atoms with van der Waals surface area (Å²) in [4.78, 5) is 10.3. The molecular weight excluding hydrogens is 226 g/mol. The van der Waals surface area contributed by atoms with Crippen molar-refractivity contribution in [3.05, 3.63) is 35.4 Å². The normalized spacial score (nSPS) is 11.5. The van der Waals surface area contributed by atoms with E-state index in [9.17, 15) is 13.6 Å². The Balaban J connectivity index is 2.65. The number of hydrogen-bond acceptors (Lipinski definition) is 1. The first-order valence-electron chi connectivity index (χ1n) is 5.60. The number of aliphatic carboxylic acids is 1. The second kappa shape index (κ2) is 5.75. The van der Waals surface area contributed by atoms with E-state index in [1.165, 1.54) is 0 Å². The lowest BCUT2D eigenvalue weighted by Gasteiger charge is -2.14. The summed E-state index contributed by atoms with van der Waals surface area (Å²) in [5.74, 6) is -4.66. The number of rotatable bonds is 6. The van der Waals surface area contributed by atoms with E-state index in [1.807, 2.05) is 12.1 Å². The van der Waals surface area contributed by atoms with Gasteiger partial charge in [-0.3, -0.25) is 4.79 Å². The van der Waals surface area contributed by atoms with E-state index in [0.29, 0.717) is 5.56 Å². The smallest absolute Gasteiger partial charge is 0.309 e. The van der Waals surface area contributed by atoms with Crippen LogP contribution in [0.25, 0.3) is 0 Å². The Bertz CT molecular complexity index is 372. The molecule has 0 saturated carbocycles. The average molecular weight is 242 g/mol. The molecule has 94 valence electrons. The maximum atomic E-state index is 13.2. The first-order valence-corrected chi connectivity index (χ1v) is 5.60. The van der Waals surface area contributed by atoms with Crippen LogP contribution in [0.3, 0.4) is 0 Å². The molecule has 2 nitrogen and oxygen atoms in total. The van der Waals surface area contributed by atoms with Gasteiger partial charge in [-0.2, -0.15) is 0 Å². The van der Waals surface area contributed by atoms with Crippen LogP contribution in [0.1, 0.15) is 30.9 Å². The molecule has 0 amide bonds. The first-order chi connectivity index (χ1) is 7.93. The minimum atomic E-state index is -3.18. The molecule has 0 aromatic heterocycles. The molecule has 0 aliphatic carbocycles. The summed E-state index contributed by atoms with van der Waals surface area (Å²) in [5.41, 5.74) is 1.58. The van der Waals surface area contributed by atoms with Crippen molar-refractivity contribution >= 4 is 5.97 Å². The Morgan fingerprint density at radius 2 is 1.76 bits per heavy atom. The molecule has 0 fully saturated rings. The zero-order valence-electron chi connectivity index (χ0n) is 9.75. The predicted octanol–water partition coefficient (Wildman–Crippen LogP) is 3.29. The van der Waals surface area contributed by atoms with Crippen LogP contribution >= 0.6 is 0 Å². The fourth-order valence-corrected chi connectivity index (χ4v) is 1.69. The summed E-state index contributed by atoms with van der Waals surface area (Å²) in [6.07, 6.45) is 0.287. The van der Waals surface area contributed by atoms with Crippen molar-refractivity contribution in [2.24, 2.45) is 0 Å². The highest BCUT2D eigenvalue weighted by molar-refractivity contribution is 5.67. The third-order valence-electron chi connectivity index (χ3n) is 2.43. The molecule has 0 atom stereocenters. The number of halogens is 2. The van der Waals surface area contributed by atoms with Crippen molar-refractivity contribution in [1.82, 2.24) is 0 Å². The van der Waals surface area contributed by atoms with Gasteiger partial charge in [0.15, 0.2) is 0 Å². The average Bonchev–Trinajstić information content (AvgIpc) is 2.18. The standard InChI is InChI=1S/C13H16F2O2/c1-2-3-10-4-6-11(7-5-10)8-13(14,15)9-12(16)17/h4-7H,2-3,8-9H2,1H3,(H,16,17). The van der Waals surface area contributed by atoms with Gasteiger partial charge in [-0.25, -0.2) is 8.78 Å². The highest BCUT2D eigenvalue weighted by Crippen LogP contribution is 2.24. The summed E-state index contributed by atoms with van der Waals surface area (Å²) < 4.78 is 26.5. The molecule has 1 N–H and O–H groups in total. The van der Waals surface area contributed by atoms with Crippen molar-refractivity contribution in [3.8, 4) is 0 Å². The van der Waals surface area contributed by atoms with Gasteiger partial charge < -0.3 is 5.11 Å². The number of benzene rings is 1. The lowest BCUT2D eigenvalue weighted by atomic mass is 10.0. The van der Waals surface area contributed by atoms with Gasteiger partial charge in [0.2, 0.25) is 0 Å². The summed E-state index contributed by atoms with van der Waals surface area (Å²) in [5, 5.41) is 8.36. The van der Waals surface area contributed by atoms with Crippen LogP contribution in [0.5, 0.6) is 0 Å². The monoisotopic (exact) mass is 242 g/mol. The fourth-order valence-electron chi connectivity index (χ4n) is 1.69. The number of aryl methyl sites for hydroxylation is 1. The molecule has 1 rings (SSSR count). The van der Waals surface area contributed by atoms with Gasteiger partial charge in [0.1, 0.15) is 6.42 Å². The van der Waals surface area contributed by atoms with Gasteiger partial charge >= 0.3 is 5.97 Å². The molecule has 0 aliphatic heterocycles. The van der Waals surface area contributed by atoms with Gasteiger partial charge in [-0.1, -0.05) is 37.6 Å². The second-order valence-electron chi connectivity index (χ2n) is 4.17. The predicted molar refractivity (Wildman–Crippen MR) is 61.3 cm³/mol. The van der Waals surface area contributed by atoms with Gasteiger partial charge in [0.25, 0.3) is 5.92 Å². The molecule has 0 bridgehead atoms. The SMILES string of the molecule is CCCc1ccc(CC(F)(F)CC(=O)O)cc1. The fraction of sp³-hybridized carbons (Fsp3) is 0.462. The van der Waals surface area contributed by atoms with E-state index in [-0.39, 0.29) is 0 Å². The molecule has 1 aromatic rings. The lowest BCUT2D eigenvalue weighted by Crippen LogP contribution is -2.23. The summed E-state index contributed by atoms with van der Waals surface area (Å²) >= 11 is 0. The van der Waals surface area contributed by atoms with Gasteiger partial charge in [0, 0.05) is 6.42 Å². The maximum Gasteiger partial charge on any atom is 0.309 e. The van der Waals surface area contributed by atoms with Crippen LogP contribution in [0.15, 0.2) is 24.3 Å². The molecule has 0 aliphatic rings. The number of carboxylic acid groups (broad SMARTS) is 1. The van der Waals surface area contributed by atoms with Crippen molar-refractivity contribution in [3.63, 3.8) is 0 Å². The Labute approximate surface area is 99.3 Å². The summed E-state index contributed by atoms with van der Waals surface area (Å²) in [6.45, 7) is 2.05. The van der Waals surface area contributed by atoms with E-state index in [1.54, 1.807) is 12.1 Å². The van der Waals surface area contributed by atoms with Gasteiger partial charge in [-0.05, 0) is 17.5 Å². The van der Waals surface area contributed by atoms with E-state index in [0.717, 1.165) is 18.4 Å². The Morgan fingerprint density at radius 3 is 2.24 bits per heavy atom. The van der Waals surface area contributed by atoms with Crippen molar-refractivity contribution < 1.29 is 18.7 Å². The summed E-state index contributed by atoms with van der Waals surface area (Å²) in [6, 6.07) is 6.91. The Morgan fingerprint density at radius 1 is 1.24 bits per heavy atom. The molecule has 4 heteroatoms. The van der Waals surface area contributed by atoms with E-state index in [2.05, 4.69) is 6.92 Å². The lowest BCUT2D eigenvalue weighted by molar-refractivity contribution is -0.144. The first kappa shape index (κ1) is 13.6. The molecule has 17 heavy (non-hydrogen) atoms. The molecule has 0 heterocycles. The van der Waals surface area contributed by atoms with Crippen molar-refractivity contribution in [2.45, 2.75) is 38.5 Å². The molecule has 0 radical (unpaired) electrons. The Kier molecular flexibility index (Phi) is 4.61. The van der Waals surface area contributed by atoms with Crippen LogP contribution < -0.4 is 0 Å². The minimum Gasteiger partial charge on any atom is -0.481 e. The van der Waals surface area contributed by atoms with Crippen LogP contribution in [-0.2, 0) is 17.6 Å². The zero-order chi connectivity index (χ0) is 12.9. The van der Waals surface area contributed by atoms with E-state index < -0.39 is 24.7 Å². The molecule has 0 spiro atoms. The molecule has 0 unspecified atom stereocenters. The second-order valence-corrected chi connectivity index (χ2v) is 4.17. The van der Waals surface area contributed by atoms with Crippen molar-refractivity contribution in [2.75, 3.05) is 0 Å². The highest BCUT2D eigenvalue weighted by atomic mass is 19.3. The van der Waals surface area contributed by atoms with Gasteiger partial charge in [0.05, 0.1) is 0 Å². The zero-order valence-corrected chi connectivity index (χ0v) is 9.75. The summed E-state index contributed by atoms with van der Waals surface area (Å²) in [7, 11) is 0. The van der Waals surface area contributed by atoms with E-state index >= 15 is 0 Å². The van der Waals surface area contributed by atoms with Crippen LogP contribution in [0.2, 0.25) is 0 Å². The number of alkyl halides is 2. The number of hydrogen-bond donors (Lipinski definition) is 1. The third-order valence-corrected chi connectivity index (χ3v) is 2.43. The van der Waals surface area contributed by atoms with Crippen LogP contribution in [-0.4, -0.2) is 17.0 Å².